The molecule has 0 aliphatic heterocycles. The normalized spacial score (nSPS) is 12.9. The van der Waals surface area contributed by atoms with Crippen LogP contribution in [0.1, 0.15) is 49.1 Å². The summed E-state index contributed by atoms with van der Waals surface area (Å²) >= 11 is 0. The van der Waals surface area contributed by atoms with Crippen molar-refractivity contribution in [2.45, 2.75) is 38.2 Å². The molecule has 1 heterocycles. The molecule has 4 aromatic rings. The third kappa shape index (κ3) is 5.75. The Kier molecular flexibility index (Phi) is 7.15. The molecule has 0 radical (unpaired) electrons. The standard InChI is InChI=1S/C29H30N2O4S/c1-5-22-15-9-10-16-23(22)27(30-36(33,34)20-21-13-7-6-8-14-21)25-19-31(28(32)35-29(2,3)4)26-18-12-11-17-24(25)26/h5-19,27,30H,1,20H2,2-4H3/t27-/m1/s1. The van der Waals surface area contributed by atoms with E-state index in [1.807, 2.05) is 66.7 Å². The number of benzene rings is 3. The van der Waals surface area contributed by atoms with E-state index in [-0.39, 0.29) is 5.75 Å². The monoisotopic (exact) mass is 502 g/mol. The first kappa shape index (κ1) is 25.4. The van der Waals surface area contributed by atoms with Gasteiger partial charge >= 0.3 is 6.09 Å². The second-order valence-electron chi connectivity index (χ2n) is 9.58. The molecule has 0 aliphatic carbocycles. The fourth-order valence-corrected chi connectivity index (χ4v) is 5.49. The lowest BCUT2D eigenvalue weighted by Gasteiger charge is -2.21. The summed E-state index contributed by atoms with van der Waals surface area (Å²) in [6.07, 6.45) is 2.82. The topological polar surface area (TPSA) is 77.4 Å². The van der Waals surface area contributed by atoms with Crippen molar-refractivity contribution in [2.24, 2.45) is 0 Å². The number of ether oxygens (including phenoxy) is 1. The third-order valence-electron chi connectivity index (χ3n) is 5.67. The SMILES string of the molecule is C=Cc1ccccc1[C@@H](NS(=O)(=O)Cc1ccccc1)c1cn(C(=O)OC(C)(C)C)c2ccccc12. The minimum Gasteiger partial charge on any atom is -0.443 e. The van der Waals surface area contributed by atoms with Gasteiger partial charge in [0.1, 0.15) is 5.60 Å². The Labute approximate surface area is 212 Å². The van der Waals surface area contributed by atoms with Crippen LogP contribution in [0.25, 0.3) is 17.0 Å². The first-order valence-electron chi connectivity index (χ1n) is 11.7. The Bertz CT molecular complexity index is 1500. The van der Waals surface area contributed by atoms with E-state index in [4.69, 9.17) is 4.74 Å². The van der Waals surface area contributed by atoms with Crippen LogP contribution in [0.3, 0.4) is 0 Å². The van der Waals surface area contributed by atoms with Gasteiger partial charge in [0, 0.05) is 17.1 Å². The fourth-order valence-electron chi connectivity index (χ4n) is 4.17. The fraction of sp³-hybridized carbons (Fsp3) is 0.207. The Balaban J connectivity index is 1.86. The number of nitrogens with zero attached hydrogens (tertiary/aromatic N) is 1. The van der Waals surface area contributed by atoms with Crippen molar-refractivity contribution in [1.29, 1.82) is 0 Å². The molecule has 0 fully saturated rings. The van der Waals surface area contributed by atoms with Gasteiger partial charge in [-0.15, -0.1) is 0 Å². The van der Waals surface area contributed by atoms with Gasteiger partial charge in [-0.05, 0) is 43.5 Å². The first-order chi connectivity index (χ1) is 17.1. The number of fused-ring (bicyclic) bond motifs is 1. The number of hydrogen-bond acceptors (Lipinski definition) is 4. The highest BCUT2D eigenvalue weighted by molar-refractivity contribution is 7.88. The lowest BCUT2D eigenvalue weighted by atomic mass is 9.95. The van der Waals surface area contributed by atoms with Gasteiger partial charge < -0.3 is 4.74 Å². The zero-order valence-corrected chi connectivity index (χ0v) is 21.5. The second-order valence-corrected chi connectivity index (χ2v) is 11.3. The molecule has 4 rings (SSSR count). The van der Waals surface area contributed by atoms with Gasteiger partial charge in [0.2, 0.25) is 10.0 Å². The van der Waals surface area contributed by atoms with Crippen molar-refractivity contribution in [2.75, 3.05) is 0 Å². The molecule has 0 unspecified atom stereocenters. The number of rotatable bonds is 7. The Morgan fingerprint density at radius 3 is 2.31 bits per heavy atom. The molecule has 0 saturated heterocycles. The number of nitrogens with one attached hydrogen (secondary N) is 1. The molecule has 7 heteroatoms. The molecule has 1 aromatic heterocycles. The first-order valence-corrected chi connectivity index (χ1v) is 13.3. The van der Waals surface area contributed by atoms with E-state index >= 15 is 0 Å². The molecule has 0 aliphatic rings. The van der Waals surface area contributed by atoms with Crippen LogP contribution in [0.2, 0.25) is 0 Å². The van der Waals surface area contributed by atoms with Gasteiger partial charge in [-0.25, -0.2) is 17.9 Å². The van der Waals surface area contributed by atoms with Crippen molar-refractivity contribution in [3.05, 3.63) is 114 Å². The van der Waals surface area contributed by atoms with Crippen LogP contribution in [0.15, 0.2) is 91.6 Å². The summed E-state index contributed by atoms with van der Waals surface area (Å²) in [7, 11) is -3.77. The molecule has 1 atom stereocenters. The molecule has 6 nitrogen and oxygen atoms in total. The van der Waals surface area contributed by atoms with Gasteiger partial charge in [-0.2, -0.15) is 0 Å². The summed E-state index contributed by atoms with van der Waals surface area (Å²) in [4.78, 5) is 13.1. The lowest BCUT2D eigenvalue weighted by Crippen LogP contribution is -2.31. The van der Waals surface area contributed by atoms with Crippen LogP contribution in [-0.2, 0) is 20.5 Å². The van der Waals surface area contributed by atoms with E-state index in [9.17, 15) is 13.2 Å². The Morgan fingerprint density at radius 1 is 0.972 bits per heavy atom. The molecule has 36 heavy (non-hydrogen) atoms. The molecule has 0 amide bonds. The molecule has 3 aromatic carbocycles. The van der Waals surface area contributed by atoms with E-state index in [0.29, 0.717) is 16.6 Å². The average molecular weight is 503 g/mol. The largest absolute Gasteiger partial charge is 0.443 e. The molecule has 186 valence electrons. The van der Waals surface area contributed by atoms with E-state index in [0.717, 1.165) is 16.5 Å². The molecular formula is C29H30N2O4S. The van der Waals surface area contributed by atoms with Gasteiger partial charge in [0.05, 0.1) is 17.3 Å². The van der Waals surface area contributed by atoms with Crippen molar-refractivity contribution < 1.29 is 17.9 Å². The number of sulfonamides is 1. The van der Waals surface area contributed by atoms with E-state index in [2.05, 4.69) is 11.3 Å². The van der Waals surface area contributed by atoms with Gasteiger partial charge in [-0.1, -0.05) is 85.5 Å². The van der Waals surface area contributed by atoms with Gasteiger partial charge in [0.25, 0.3) is 0 Å². The summed E-state index contributed by atoms with van der Waals surface area (Å²) in [5.41, 5.74) is 2.79. The Hall–Kier alpha value is -3.68. The molecule has 1 N–H and O–H groups in total. The minimum absolute atomic E-state index is 0.175. The van der Waals surface area contributed by atoms with Gasteiger partial charge in [-0.3, -0.25) is 4.57 Å². The van der Waals surface area contributed by atoms with Crippen molar-refractivity contribution in [3.8, 4) is 0 Å². The number of carbonyl (C=O) groups excluding carboxylic acids is 1. The van der Waals surface area contributed by atoms with Crippen LogP contribution in [0.5, 0.6) is 0 Å². The third-order valence-corrected chi connectivity index (χ3v) is 6.98. The van der Waals surface area contributed by atoms with Crippen LogP contribution in [0.4, 0.5) is 4.79 Å². The predicted molar refractivity (Wildman–Crippen MR) is 144 cm³/mol. The molecular weight excluding hydrogens is 472 g/mol. The number of para-hydroxylation sites is 1. The number of aromatic nitrogens is 1. The molecule has 0 spiro atoms. The van der Waals surface area contributed by atoms with Crippen LogP contribution >= 0.6 is 0 Å². The van der Waals surface area contributed by atoms with Crippen molar-refractivity contribution in [3.63, 3.8) is 0 Å². The predicted octanol–water partition coefficient (Wildman–Crippen LogP) is 6.28. The summed E-state index contributed by atoms with van der Waals surface area (Å²) in [6.45, 7) is 9.32. The average Bonchev–Trinajstić information content (AvgIpc) is 3.22. The molecule has 0 bridgehead atoms. The summed E-state index contributed by atoms with van der Waals surface area (Å²) in [5, 5.41) is 0.745. The van der Waals surface area contributed by atoms with E-state index < -0.39 is 27.8 Å². The number of hydrogen-bond donors (Lipinski definition) is 1. The minimum atomic E-state index is -3.77. The Morgan fingerprint density at radius 2 is 1.61 bits per heavy atom. The smallest absolute Gasteiger partial charge is 0.419 e. The zero-order valence-electron chi connectivity index (χ0n) is 20.6. The van der Waals surface area contributed by atoms with Gasteiger partial charge in [0.15, 0.2) is 0 Å². The second kappa shape index (κ2) is 10.1. The lowest BCUT2D eigenvalue weighted by molar-refractivity contribution is 0.0544. The van der Waals surface area contributed by atoms with Crippen LogP contribution < -0.4 is 4.72 Å². The summed E-state index contributed by atoms with van der Waals surface area (Å²) in [5.74, 6) is -0.175. The highest BCUT2D eigenvalue weighted by Crippen LogP contribution is 2.34. The zero-order chi connectivity index (χ0) is 25.9. The molecule has 0 saturated carbocycles. The number of carbonyl (C=O) groups is 1. The van der Waals surface area contributed by atoms with Crippen molar-refractivity contribution in [1.82, 2.24) is 9.29 Å². The van der Waals surface area contributed by atoms with E-state index in [1.54, 1.807) is 45.2 Å². The maximum Gasteiger partial charge on any atom is 0.419 e. The van der Waals surface area contributed by atoms with Crippen LogP contribution in [-0.4, -0.2) is 24.7 Å². The maximum atomic E-state index is 13.4. The van der Waals surface area contributed by atoms with Crippen molar-refractivity contribution >= 4 is 33.1 Å². The summed E-state index contributed by atoms with van der Waals surface area (Å²) < 4.78 is 36.7. The van der Waals surface area contributed by atoms with E-state index in [1.165, 1.54) is 4.57 Å². The highest BCUT2D eigenvalue weighted by atomic mass is 32.2. The highest BCUT2D eigenvalue weighted by Gasteiger charge is 2.28. The van der Waals surface area contributed by atoms with Crippen LogP contribution in [0, 0.1) is 0 Å². The maximum absolute atomic E-state index is 13.4. The quantitative estimate of drug-likeness (QED) is 0.323. The summed E-state index contributed by atoms with van der Waals surface area (Å²) in [6, 6.07) is 23.1.